The van der Waals surface area contributed by atoms with Crippen LogP contribution in [0.15, 0.2) is 30.3 Å². The van der Waals surface area contributed by atoms with Crippen molar-refractivity contribution in [2.75, 3.05) is 32.7 Å². The molecule has 1 aromatic carbocycles. The van der Waals surface area contributed by atoms with E-state index in [1.807, 2.05) is 42.2 Å². The molecule has 1 aliphatic rings. The number of ether oxygens (including phenoxy) is 1. The predicted octanol–water partition coefficient (Wildman–Crippen LogP) is 1.12. The predicted molar refractivity (Wildman–Crippen MR) is 85.4 cm³/mol. The van der Waals surface area contributed by atoms with E-state index in [-0.39, 0.29) is 12.0 Å². The Kier molecular flexibility index (Phi) is 6.36. The van der Waals surface area contributed by atoms with Gasteiger partial charge in [0, 0.05) is 32.7 Å². The molecule has 2 atom stereocenters. The fourth-order valence-electron chi connectivity index (χ4n) is 2.65. The van der Waals surface area contributed by atoms with E-state index in [1.165, 1.54) is 0 Å². The summed E-state index contributed by atoms with van der Waals surface area (Å²) in [4.78, 5) is 16.4. The topological polar surface area (TPSA) is 53.0 Å². The molecule has 1 fully saturated rings. The van der Waals surface area contributed by atoms with Crippen molar-refractivity contribution in [1.29, 1.82) is 0 Å². The van der Waals surface area contributed by atoms with Crippen LogP contribution in [0.1, 0.15) is 19.4 Å². The zero-order valence-electron chi connectivity index (χ0n) is 13.4. The third kappa shape index (κ3) is 5.09. The van der Waals surface area contributed by atoms with Crippen LogP contribution >= 0.6 is 0 Å². The van der Waals surface area contributed by atoms with E-state index in [4.69, 9.17) is 4.74 Å². The zero-order chi connectivity index (χ0) is 15.9. The first-order chi connectivity index (χ1) is 10.6. The van der Waals surface area contributed by atoms with Crippen LogP contribution in [0.2, 0.25) is 0 Å². The summed E-state index contributed by atoms with van der Waals surface area (Å²) in [5, 5.41) is 9.40. The second-order valence-corrected chi connectivity index (χ2v) is 5.91. The molecule has 5 heteroatoms. The third-order valence-electron chi connectivity index (χ3n) is 3.90. The molecule has 2 rings (SSSR count). The van der Waals surface area contributed by atoms with Crippen molar-refractivity contribution in [2.24, 2.45) is 0 Å². The van der Waals surface area contributed by atoms with Gasteiger partial charge in [-0.25, -0.2) is 0 Å². The Balaban J connectivity index is 1.74. The monoisotopic (exact) mass is 306 g/mol. The molecule has 0 aromatic heterocycles. The van der Waals surface area contributed by atoms with Gasteiger partial charge in [0.1, 0.15) is 6.10 Å². The number of carbonyl (C=O) groups excluding carboxylic acids is 1. The summed E-state index contributed by atoms with van der Waals surface area (Å²) < 4.78 is 5.69. The number of nitrogens with zero attached hydrogens (tertiary/aromatic N) is 2. The zero-order valence-corrected chi connectivity index (χ0v) is 13.4. The number of aliphatic hydroxyl groups excluding tert-OH is 1. The average molecular weight is 306 g/mol. The molecular formula is C17H26N2O3. The van der Waals surface area contributed by atoms with E-state index in [0.717, 1.165) is 18.7 Å². The lowest BCUT2D eigenvalue weighted by molar-refractivity contribution is -0.145. The summed E-state index contributed by atoms with van der Waals surface area (Å²) in [6.07, 6.45) is -0.751. The molecular weight excluding hydrogens is 280 g/mol. The van der Waals surface area contributed by atoms with Crippen LogP contribution < -0.4 is 0 Å². The molecule has 1 aliphatic heterocycles. The molecule has 1 amide bonds. The first-order valence-corrected chi connectivity index (χ1v) is 7.91. The van der Waals surface area contributed by atoms with Gasteiger partial charge in [0.05, 0.1) is 12.7 Å². The number of carbonyl (C=O) groups is 1. The van der Waals surface area contributed by atoms with Crippen molar-refractivity contribution < 1.29 is 14.6 Å². The molecule has 122 valence electrons. The van der Waals surface area contributed by atoms with Gasteiger partial charge in [-0.1, -0.05) is 30.3 Å². The summed E-state index contributed by atoms with van der Waals surface area (Å²) in [5.41, 5.74) is 1.07. The van der Waals surface area contributed by atoms with Gasteiger partial charge in [-0.15, -0.1) is 0 Å². The molecule has 22 heavy (non-hydrogen) atoms. The van der Waals surface area contributed by atoms with Crippen LogP contribution in [0.5, 0.6) is 0 Å². The van der Waals surface area contributed by atoms with Gasteiger partial charge < -0.3 is 14.7 Å². The fourth-order valence-corrected chi connectivity index (χ4v) is 2.65. The van der Waals surface area contributed by atoms with E-state index >= 15 is 0 Å². The van der Waals surface area contributed by atoms with Crippen LogP contribution in [-0.4, -0.2) is 65.7 Å². The average Bonchev–Trinajstić information content (AvgIpc) is 2.53. The summed E-state index contributed by atoms with van der Waals surface area (Å²) in [5.74, 6) is 0.0487. The maximum Gasteiger partial charge on any atom is 0.251 e. The van der Waals surface area contributed by atoms with Crippen molar-refractivity contribution in [1.82, 2.24) is 9.80 Å². The van der Waals surface area contributed by atoms with Gasteiger partial charge in [-0.05, 0) is 19.4 Å². The van der Waals surface area contributed by atoms with Crippen LogP contribution in [0.4, 0.5) is 0 Å². The minimum atomic E-state index is -0.427. The Morgan fingerprint density at radius 2 is 1.82 bits per heavy atom. The first-order valence-electron chi connectivity index (χ1n) is 7.91. The second kappa shape index (κ2) is 8.27. The number of amides is 1. The van der Waals surface area contributed by atoms with Crippen molar-refractivity contribution in [3.63, 3.8) is 0 Å². The van der Waals surface area contributed by atoms with Crippen LogP contribution in [0.3, 0.4) is 0 Å². The number of piperazine rings is 1. The number of hydrogen-bond acceptors (Lipinski definition) is 4. The fraction of sp³-hybridized carbons (Fsp3) is 0.588. The number of aliphatic hydroxyl groups is 1. The van der Waals surface area contributed by atoms with E-state index in [2.05, 4.69) is 4.90 Å². The Hall–Kier alpha value is -1.43. The molecule has 1 N–H and O–H groups in total. The molecule has 0 unspecified atom stereocenters. The normalized spacial score (nSPS) is 19.0. The van der Waals surface area contributed by atoms with E-state index < -0.39 is 6.10 Å². The Bertz CT molecular complexity index is 456. The molecule has 1 heterocycles. The standard InChI is InChI=1S/C17H26N2O3/c1-14(20)12-18-8-10-19(11-9-18)17(21)15(2)22-13-16-6-4-3-5-7-16/h3-7,14-15,20H,8-13H2,1-2H3/t14-,15-/m0/s1. The SMILES string of the molecule is C[C@H](O)CN1CCN(C(=O)[C@H](C)OCc2ccccc2)CC1. The number of β-amino-alcohol motifs (C(OH)–C–C–N with tert-alkyl or cyclic N) is 1. The van der Waals surface area contributed by atoms with Crippen molar-refractivity contribution >= 4 is 5.91 Å². The van der Waals surface area contributed by atoms with Crippen molar-refractivity contribution in [3.8, 4) is 0 Å². The van der Waals surface area contributed by atoms with Gasteiger partial charge in [0.2, 0.25) is 0 Å². The molecule has 5 nitrogen and oxygen atoms in total. The summed E-state index contributed by atoms with van der Waals surface area (Å²) in [6, 6.07) is 9.88. The first kappa shape index (κ1) is 16.9. The Morgan fingerprint density at radius 3 is 2.41 bits per heavy atom. The smallest absolute Gasteiger partial charge is 0.251 e. The third-order valence-corrected chi connectivity index (χ3v) is 3.90. The van der Waals surface area contributed by atoms with Crippen LogP contribution in [0, 0.1) is 0 Å². The highest BCUT2D eigenvalue weighted by Crippen LogP contribution is 2.09. The summed E-state index contributed by atoms with van der Waals surface area (Å²) in [7, 11) is 0. The molecule has 0 aliphatic carbocycles. The molecule has 0 radical (unpaired) electrons. The lowest BCUT2D eigenvalue weighted by Gasteiger charge is -2.36. The molecule has 0 saturated carbocycles. The lowest BCUT2D eigenvalue weighted by Crippen LogP contribution is -2.52. The maximum absolute atomic E-state index is 12.4. The van der Waals surface area contributed by atoms with Crippen LogP contribution in [0.25, 0.3) is 0 Å². The van der Waals surface area contributed by atoms with E-state index in [1.54, 1.807) is 6.92 Å². The quantitative estimate of drug-likeness (QED) is 0.856. The Morgan fingerprint density at radius 1 is 1.18 bits per heavy atom. The minimum absolute atomic E-state index is 0.0487. The highest BCUT2D eigenvalue weighted by Gasteiger charge is 2.25. The Labute approximate surface area is 132 Å². The number of rotatable bonds is 6. The number of hydrogen-bond donors (Lipinski definition) is 1. The largest absolute Gasteiger partial charge is 0.392 e. The van der Waals surface area contributed by atoms with Gasteiger partial charge >= 0.3 is 0 Å². The van der Waals surface area contributed by atoms with Crippen molar-refractivity contribution in [3.05, 3.63) is 35.9 Å². The van der Waals surface area contributed by atoms with Crippen LogP contribution in [-0.2, 0) is 16.1 Å². The summed E-state index contributed by atoms with van der Waals surface area (Å²) >= 11 is 0. The van der Waals surface area contributed by atoms with Gasteiger partial charge in [0.15, 0.2) is 0 Å². The summed E-state index contributed by atoms with van der Waals surface area (Å²) in [6.45, 7) is 7.74. The molecule has 0 spiro atoms. The van der Waals surface area contributed by atoms with Crippen molar-refractivity contribution in [2.45, 2.75) is 32.7 Å². The van der Waals surface area contributed by atoms with Gasteiger partial charge in [0.25, 0.3) is 5.91 Å². The van der Waals surface area contributed by atoms with E-state index in [0.29, 0.717) is 26.2 Å². The molecule has 1 aromatic rings. The molecule has 1 saturated heterocycles. The minimum Gasteiger partial charge on any atom is -0.392 e. The van der Waals surface area contributed by atoms with E-state index in [9.17, 15) is 9.90 Å². The second-order valence-electron chi connectivity index (χ2n) is 5.91. The van der Waals surface area contributed by atoms with Gasteiger partial charge in [-0.2, -0.15) is 0 Å². The van der Waals surface area contributed by atoms with Gasteiger partial charge in [-0.3, -0.25) is 9.69 Å². The highest BCUT2D eigenvalue weighted by atomic mass is 16.5. The molecule has 0 bridgehead atoms. The number of benzene rings is 1. The highest BCUT2D eigenvalue weighted by molar-refractivity contribution is 5.80. The lowest BCUT2D eigenvalue weighted by atomic mass is 10.2. The maximum atomic E-state index is 12.4.